The van der Waals surface area contributed by atoms with Crippen molar-refractivity contribution in [1.29, 1.82) is 0 Å². The molecule has 0 unspecified atom stereocenters. The predicted molar refractivity (Wildman–Crippen MR) is 106 cm³/mol. The summed E-state index contributed by atoms with van der Waals surface area (Å²) in [5.41, 5.74) is 0.303. The minimum atomic E-state index is -4.35. The van der Waals surface area contributed by atoms with Crippen LogP contribution < -0.4 is 5.56 Å². The zero-order chi connectivity index (χ0) is 22.3. The van der Waals surface area contributed by atoms with Crippen molar-refractivity contribution in [2.45, 2.75) is 32.9 Å². The van der Waals surface area contributed by atoms with Crippen molar-refractivity contribution in [1.82, 2.24) is 29.3 Å². The van der Waals surface area contributed by atoms with Gasteiger partial charge in [0.25, 0.3) is 11.5 Å². The average Bonchev–Trinajstić information content (AvgIpc) is 3.34. The Morgan fingerprint density at radius 2 is 2.00 bits per heavy atom. The van der Waals surface area contributed by atoms with Crippen LogP contribution in [0, 0.1) is 12.8 Å². The number of rotatable bonds is 3. The molecule has 0 aromatic carbocycles. The van der Waals surface area contributed by atoms with Crippen LogP contribution in [0.15, 0.2) is 41.0 Å². The van der Waals surface area contributed by atoms with Gasteiger partial charge in [-0.2, -0.15) is 18.3 Å². The molecule has 31 heavy (non-hydrogen) atoms. The summed E-state index contributed by atoms with van der Waals surface area (Å²) in [7, 11) is 0. The molecule has 1 amide bonds. The molecule has 0 bridgehead atoms. The number of carbonyl (C=O) groups is 1. The number of carbonyl (C=O) groups excluding carboxylic acids is 1. The van der Waals surface area contributed by atoms with Gasteiger partial charge in [-0.05, 0) is 44.7 Å². The SMILES string of the molecule is C/C=C(/C1CCN(C(=O)c2cnn(-c3nn4cccc4c(=O)[nH]3)c2C)CC1)C(F)(F)F. The van der Waals surface area contributed by atoms with E-state index in [9.17, 15) is 22.8 Å². The lowest BCUT2D eigenvalue weighted by atomic mass is 9.88. The second-order valence-electron chi connectivity index (χ2n) is 7.48. The first-order valence-corrected chi connectivity index (χ1v) is 9.86. The number of aromatic amines is 1. The van der Waals surface area contributed by atoms with Gasteiger partial charge < -0.3 is 4.90 Å². The number of fused-ring (bicyclic) bond motifs is 1. The van der Waals surface area contributed by atoms with Gasteiger partial charge in [0.15, 0.2) is 0 Å². The third-order valence-electron chi connectivity index (χ3n) is 5.69. The molecule has 8 nitrogen and oxygen atoms in total. The predicted octanol–water partition coefficient (Wildman–Crippen LogP) is 2.88. The van der Waals surface area contributed by atoms with E-state index in [1.807, 2.05) is 0 Å². The number of alkyl halides is 3. The topological polar surface area (TPSA) is 88.3 Å². The number of nitrogens with one attached hydrogen (secondary N) is 1. The number of likely N-dealkylation sites (tertiary alicyclic amines) is 1. The summed E-state index contributed by atoms with van der Waals surface area (Å²) in [6, 6.07) is 3.32. The maximum absolute atomic E-state index is 13.2. The normalized spacial score (nSPS) is 16.3. The Morgan fingerprint density at radius 3 is 2.65 bits per heavy atom. The third kappa shape index (κ3) is 3.75. The molecule has 0 radical (unpaired) electrons. The van der Waals surface area contributed by atoms with Gasteiger partial charge in [-0.15, -0.1) is 5.10 Å². The molecule has 1 fully saturated rings. The van der Waals surface area contributed by atoms with Crippen LogP contribution in [0.5, 0.6) is 0 Å². The van der Waals surface area contributed by atoms with Crippen LogP contribution in [0.4, 0.5) is 13.2 Å². The monoisotopic (exact) mass is 434 g/mol. The Kier molecular flexibility index (Phi) is 5.19. The van der Waals surface area contributed by atoms with Gasteiger partial charge in [-0.3, -0.25) is 14.6 Å². The molecule has 164 valence electrons. The van der Waals surface area contributed by atoms with E-state index in [0.29, 0.717) is 16.8 Å². The fourth-order valence-electron chi connectivity index (χ4n) is 4.06. The van der Waals surface area contributed by atoms with Gasteiger partial charge in [0, 0.05) is 24.9 Å². The van der Waals surface area contributed by atoms with E-state index < -0.39 is 17.7 Å². The number of halogens is 3. The van der Waals surface area contributed by atoms with Crippen molar-refractivity contribution in [2.24, 2.45) is 5.92 Å². The number of hydrogen-bond acceptors (Lipinski definition) is 4. The Morgan fingerprint density at radius 1 is 1.29 bits per heavy atom. The van der Waals surface area contributed by atoms with Crippen LogP contribution in [-0.4, -0.2) is 54.5 Å². The van der Waals surface area contributed by atoms with Crippen molar-refractivity contribution in [3.8, 4) is 5.95 Å². The van der Waals surface area contributed by atoms with E-state index in [1.54, 1.807) is 30.2 Å². The van der Waals surface area contributed by atoms with E-state index in [1.165, 1.54) is 22.3 Å². The summed E-state index contributed by atoms with van der Waals surface area (Å²) in [6.45, 7) is 3.52. The van der Waals surface area contributed by atoms with Crippen molar-refractivity contribution in [3.63, 3.8) is 0 Å². The minimum absolute atomic E-state index is 0.159. The van der Waals surface area contributed by atoms with Crippen LogP contribution >= 0.6 is 0 Å². The highest BCUT2D eigenvalue weighted by Crippen LogP contribution is 2.36. The molecular formula is C20H21F3N6O2. The zero-order valence-corrected chi connectivity index (χ0v) is 17.0. The molecular weight excluding hydrogens is 413 g/mol. The second kappa shape index (κ2) is 7.71. The Hall–Kier alpha value is -3.37. The van der Waals surface area contributed by atoms with Gasteiger partial charge >= 0.3 is 6.18 Å². The summed E-state index contributed by atoms with van der Waals surface area (Å²) in [5.74, 6) is -0.757. The molecule has 4 heterocycles. The quantitative estimate of drug-likeness (QED) is 0.642. The van der Waals surface area contributed by atoms with Crippen LogP contribution in [0.2, 0.25) is 0 Å². The molecule has 3 aromatic rings. The molecule has 0 aliphatic carbocycles. The number of allylic oxidation sites excluding steroid dienone is 2. The van der Waals surface area contributed by atoms with E-state index in [2.05, 4.69) is 15.2 Å². The van der Waals surface area contributed by atoms with Gasteiger partial charge in [-0.25, -0.2) is 9.20 Å². The van der Waals surface area contributed by atoms with E-state index in [0.717, 1.165) is 6.08 Å². The van der Waals surface area contributed by atoms with E-state index >= 15 is 0 Å². The number of H-pyrrole nitrogens is 1. The first-order valence-electron chi connectivity index (χ1n) is 9.86. The van der Waals surface area contributed by atoms with Crippen molar-refractivity contribution in [3.05, 3.63) is 57.8 Å². The maximum atomic E-state index is 13.2. The van der Waals surface area contributed by atoms with Gasteiger partial charge in [-0.1, -0.05) is 6.08 Å². The number of piperidine rings is 1. The first kappa shape index (κ1) is 20.9. The molecule has 1 aliphatic rings. The standard InChI is InChI=1S/C20H21F3N6O2/c1-3-15(20(21,22)23)13-6-9-27(10-7-13)18(31)14-11-24-29(12(14)2)19-25-17(30)16-5-4-8-28(16)26-19/h3-5,8,11,13H,6-7,9-10H2,1-2H3,(H,25,26,30)/b15-3-. The number of aromatic nitrogens is 5. The maximum Gasteiger partial charge on any atom is 0.412 e. The van der Waals surface area contributed by atoms with Crippen LogP contribution in [0.1, 0.15) is 35.8 Å². The summed E-state index contributed by atoms with van der Waals surface area (Å²) in [6.07, 6.45) is 0.272. The molecule has 0 atom stereocenters. The van der Waals surface area contributed by atoms with E-state index in [4.69, 9.17) is 0 Å². The first-order chi connectivity index (χ1) is 14.7. The lowest BCUT2D eigenvalue weighted by Gasteiger charge is -2.33. The van der Waals surface area contributed by atoms with Gasteiger partial charge in [0.2, 0.25) is 5.95 Å². The fourth-order valence-corrected chi connectivity index (χ4v) is 4.06. The summed E-state index contributed by atoms with van der Waals surface area (Å²) >= 11 is 0. The molecule has 0 spiro atoms. The van der Waals surface area contributed by atoms with Gasteiger partial charge in [0.1, 0.15) is 5.52 Å². The largest absolute Gasteiger partial charge is 0.412 e. The molecule has 1 N–H and O–H groups in total. The highest BCUT2D eigenvalue weighted by Gasteiger charge is 2.39. The number of hydrogen-bond donors (Lipinski definition) is 1. The zero-order valence-electron chi connectivity index (χ0n) is 17.0. The van der Waals surface area contributed by atoms with E-state index in [-0.39, 0.29) is 43.3 Å². The minimum Gasteiger partial charge on any atom is -0.338 e. The molecule has 0 saturated carbocycles. The van der Waals surface area contributed by atoms with Crippen LogP contribution in [0.25, 0.3) is 11.5 Å². The molecule has 4 rings (SSSR count). The van der Waals surface area contributed by atoms with Crippen molar-refractivity contribution < 1.29 is 18.0 Å². The smallest absolute Gasteiger partial charge is 0.338 e. The fraction of sp³-hybridized carbons (Fsp3) is 0.400. The lowest BCUT2D eigenvalue weighted by Crippen LogP contribution is -2.40. The third-order valence-corrected chi connectivity index (χ3v) is 5.69. The Labute approximate surface area is 175 Å². The lowest BCUT2D eigenvalue weighted by molar-refractivity contribution is -0.101. The summed E-state index contributed by atoms with van der Waals surface area (Å²) in [4.78, 5) is 29.4. The summed E-state index contributed by atoms with van der Waals surface area (Å²) < 4.78 is 42.2. The van der Waals surface area contributed by atoms with Crippen molar-refractivity contribution in [2.75, 3.05) is 13.1 Å². The molecule has 1 aliphatic heterocycles. The Bertz CT molecular complexity index is 1210. The molecule has 11 heteroatoms. The number of amides is 1. The Balaban J connectivity index is 1.53. The highest BCUT2D eigenvalue weighted by atomic mass is 19.4. The second-order valence-corrected chi connectivity index (χ2v) is 7.48. The van der Waals surface area contributed by atoms with Crippen molar-refractivity contribution >= 4 is 11.4 Å². The number of nitrogens with zero attached hydrogens (tertiary/aromatic N) is 5. The highest BCUT2D eigenvalue weighted by molar-refractivity contribution is 5.95. The van der Waals surface area contributed by atoms with Crippen LogP contribution in [0.3, 0.4) is 0 Å². The van der Waals surface area contributed by atoms with Gasteiger partial charge in [0.05, 0.1) is 17.5 Å². The van der Waals surface area contributed by atoms with Crippen LogP contribution in [-0.2, 0) is 0 Å². The average molecular weight is 434 g/mol. The molecule has 3 aromatic heterocycles. The molecule has 1 saturated heterocycles. The summed E-state index contributed by atoms with van der Waals surface area (Å²) in [5, 5.41) is 8.49.